The maximum Gasteiger partial charge on any atom is 0.289 e. The minimum Gasteiger partial charge on any atom is -0.363 e. The average molecular weight is 202 g/mol. The largest absolute Gasteiger partial charge is 0.363 e. The number of Topliss-reactive ketones (excluding diaryl/α,β-unsaturated/α-hetero) is 1. The second kappa shape index (κ2) is 3.24. The molecule has 0 unspecified atom stereocenters. The molecule has 76 valence electrons. The quantitative estimate of drug-likeness (QED) is 0.566. The number of carbonyl (C=O) groups is 2. The Hall–Kier alpha value is -2.10. The fourth-order valence-corrected chi connectivity index (χ4v) is 1.69. The number of H-pyrrole nitrogens is 1. The highest BCUT2D eigenvalue weighted by Crippen LogP contribution is 2.21. The number of hydrogen-bond donors (Lipinski definition) is 2. The molecule has 2 rings (SSSR count). The van der Waals surface area contributed by atoms with Crippen LogP contribution in [-0.2, 0) is 4.79 Å². The van der Waals surface area contributed by atoms with Crippen molar-refractivity contribution in [2.75, 3.05) is 0 Å². The second-order valence-electron chi connectivity index (χ2n) is 3.36. The lowest BCUT2D eigenvalue weighted by molar-refractivity contribution is -0.114. The van der Waals surface area contributed by atoms with Gasteiger partial charge in [0.25, 0.3) is 11.7 Å². The summed E-state index contributed by atoms with van der Waals surface area (Å²) in [6, 6.07) is 7.30. The predicted molar refractivity (Wildman–Crippen MR) is 56.6 cm³/mol. The monoisotopic (exact) mass is 202 g/mol. The molecular weight excluding hydrogens is 192 g/mol. The summed E-state index contributed by atoms with van der Waals surface area (Å²) in [7, 11) is 0. The predicted octanol–water partition coefficient (Wildman–Crippen LogP) is 1.14. The Morgan fingerprint density at radius 3 is 2.60 bits per heavy atom. The molecule has 4 nitrogen and oxygen atoms in total. The molecule has 4 heteroatoms. The lowest BCUT2D eigenvalue weighted by Gasteiger charge is -1.95. The molecule has 0 aliphatic rings. The number of fused-ring (bicyclic) bond motifs is 1. The number of nitrogens with two attached hydrogens (primary N) is 1. The van der Waals surface area contributed by atoms with E-state index in [-0.39, 0.29) is 0 Å². The van der Waals surface area contributed by atoms with Crippen LogP contribution in [0.3, 0.4) is 0 Å². The molecule has 0 spiro atoms. The van der Waals surface area contributed by atoms with Gasteiger partial charge in [-0.15, -0.1) is 0 Å². The van der Waals surface area contributed by atoms with Crippen molar-refractivity contribution >= 4 is 22.6 Å². The minimum atomic E-state index is -0.928. The van der Waals surface area contributed by atoms with E-state index in [1.165, 1.54) is 0 Å². The van der Waals surface area contributed by atoms with Crippen LogP contribution in [0.5, 0.6) is 0 Å². The zero-order chi connectivity index (χ0) is 11.0. The molecule has 0 aliphatic heterocycles. The van der Waals surface area contributed by atoms with Gasteiger partial charge in [-0.25, -0.2) is 0 Å². The summed E-state index contributed by atoms with van der Waals surface area (Å²) in [6.07, 6.45) is 0. The van der Waals surface area contributed by atoms with E-state index in [2.05, 4.69) is 4.98 Å². The van der Waals surface area contributed by atoms with E-state index in [4.69, 9.17) is 5.73 Å². The molecule has 0 atom stereocenters. The molecule has 2 aromatic rings. The van der Waals surface area contributed by atoms with E-state index in [1.54, 1.807) is 13.0 Å². The Morgan fingerprint density at radius 1 is 1.27 bits per heavy atom. The molecule has 15 heavy (non-hydrogen) atoms. The number of aromatic nitrogens is 1. The van der Waals surface area contributed by atoms with E-state index in [9.17, 15) is 9.59 Å². The highest BCUT2D eigenvalue weighted by atomic mass is 16.2. The third kappa shape index (κ3) is 1.40. The summed E-state index contributed by atoms with van der Waals surface area (Å²) in [6.45, 7) is 1.75. The molecule has 0 fully saturated rings. The molecular formula is C11H10N2O2. The van der Waals surface area contributed by atoms with Gasteiger partial charge in [0.1, 0.15) is 0 Å². The molecule has 1 amide bonds. The smallest absolute Gasteiger partial charge is 0.289 e. The summed E-state index contributed by atoms with van der Waals surface area (Å²) in [5.74, 6) is -1.58. The van der Waals surface area contributed by atoms with Gasteiger partial charge in [-0.3, -0.25) is 9.59 Å². The highest BCUT2D eigenvalue weighted by molar-refractivity contribution is 6.44. The van der Waals surface area contributed by atoms with Gasteiger partial charge in [0.15, 0.2) is 0 Å². The molecule has 1 heterocycles. The molecule has 3 N–H and O–H groups in total. The van der Waals surface area contributed by atoms with Crippen LogP contribution in [0.15, 0.2) is 24.3 Å². The van der Waals surface area contributed by atoms with Crippen molar-refractivity contribution in [3.05, 3.63) is 35.5 Å². The summed E-state index contributed by atoms with van der Waals surface area (Å²) in [5.41, 5.74) is 6.86. The van der Waals surface area contributed by atoms with Gasteiger partial charge in [0.2, 0.25) is 0 Å². The molecule has 0 aliphatic carbocycles. The van der Waals surface area contributed by atoms with Crippen molar-refractivity contribution in [1.82, 2.24) is 4.98 Å². The van der Waals surface area contributed by atoms with Crippen LogP contribution in [0.4, 0.5) is 0 Å². The number of benzene rings is 1. The van der Waals surface area contributed by atoms with Crippen molar-refractivity contribution in [3.63, 3.8) is 0 Å². The SMILES string of the molecule is Cc1[nH]c2ccccc2c1C(=O)C(N)=O. The van der Waals surface area contributed by atoms with Crippen molar-refractivity contribution in [3.8, 4) is 0 Å². The fraction of sp³-hybridized carbons (Fsp3) is 0.0909. The molecule has 1 aromatic heterocycles. The fourth-order valence-electron chi connectivity index (χ4n) is 1.69. The molecule has 0 bridgehead atoms. The third-order valence-corrected chi connectivity index (χ3v) is 2.34. The third-order valence-electron chi connectivity index (χ3n) is 2.34. The number of aryl methyl sites for hydroxylation is 1. The first-order chi connectivity index (χ1) is 7.11. The summed E-state index contributed by atoms with van der Waals surface area (Å²) >= 11 is 0. The van der Waals surface area contributed by atoms with Gasteiger partial charge in [0, 0.05) is 16.6 Å². The zero-order valence-electron chi connectivity index (χ0n) is 8.20. The number of para-hydroxylation sites is 1. The zero-order valence-corrected chi connectivity index (χ0v) is 8.20. The standard InChI is InChI=1S/C11H10N2O2/c1-6-9(10(14)11(12)15)7-4-2-3-5-8(7)13-6/h2-5,13H,1H3,(H2,12,15). The van der Waals surface area contributed by atoms with E-state index in [0.717, 1.165) is 10.9 Å². The second-order valence-corrected chi connectivity index (χ2v) is 3.36. The number of hydrogen-bond acceptors (Lipinski definition) is 2. The first-order valence-electron chi connectivity index (χ1n) is 4.52. The number of amides is 1. The van der Waals surface area contributed by atoms with Crippen LogP contribution in [-0.4, -0.2) is 16.7 Å². The van der Waals surface area contributed by atoms with E-state index >= 15 is 0 Å². The van der Waals surface area contributed by atoms with Crippen LogP contribution in [0, 0.1) is 6.92 Å². The molecule has 0 saturated heterocycles. The number of primary amides is 1. The van der Waals surface area contributed by atoms with Crippen LogP contribution in [0.1, 0.15) is 16.1 Å². The topological polar surface area (TPSA) is 75.9 Å². The number of nitrogens with one attached hydrogen (secondary N) is 1. The number of carbonyl (C=O) groups excluding carboxylic acids is 2. The van der Waals surface area contributed by atoms with Crippen LogP contribution >= 0.6 is 0 Å². The first kappa shape index (κ1) is 9.45. The molecule has 0 saturated carbocycles. The number of aromatic amines is 1. The Bertz CT molecular complexity index is 555. The van der Waals surface area contributed by atoms with Crippen molar-refractivity contribution in [2.45, 2.75) is 6.92 Å². The Labute approximate surface area is 86.1 Å². The van der Waals surface area contributed by atoms with Crippen molar-refractivity contribution < 1.29 is 9.59 Å². The Morgan fingerprint density at radius 2 is 1.93 bits per heavy atom. The first-order valence-corrected chi connectivity index (χ1v) is 4.52. The van der Waals surface area contributed by atoms with Gasteiger partial charge in [-0.1, -0.05) is 18.2 Å². The van der Waals surface area contributed by atoms with Gasteiger partial charge < -0.3 is 10.7 Å². The Kier molecular flexibility index (Phi) is 2.04. The summed E-state index contributed by atoms with van der Waals surface area (Å²) in [4.78, 5) is 25.4. The van der Waals surface area contributed by atoms with E-state index in [1.807, 2.05) is 18.2 Å². The van der Waals surface area contributed by atoms with Crippen molar-refractivity contribution in [2.24, 2.45) is 5.73 Å². The van der Waals surface area contributed by atoms with Gasteiger partial charge in [-0.2, -0.15) is 0 Å². The van der Waals surface area contributed by atoms with E-state index in [0.29, 0.717) is 11.3 Å². The lowest BCUT2D eigenvalue weighted by Crippen LogP contribution is -2.23. The van der Waals surface area contributed by atoms with Gasteiger partial charge in [0.05, 0.1) is 5.56 Å². The van der Waals surface area contributed by atoms with E-state index < -0.39 is 11.7 Å². The molecule has 0 radical (unpaired) electrons. The minimum absolute atomic E-state index is 0.373. The maximum absolute atomic E-state index is 11.5. The van der Waals surface area contributed by atoms with Crippen LogP contribution in [0.2, 0.25) is 0 Å². The van der Waals surface area contributed by atoms with Gasteiger partial charge >= 0.3 is 0 Å². The number of rotatable bonds is 2. The average Bonchev–Trinajstić information content (AvgIpc) is 2.52. The lowest BCUT2D eigenvalue weighted by atomic mass is 10.1. The normalized spacial score (nSPS) is 10.5. The summed E-state index contributed by atoms with van der Waals surface area (Å²) in [5, 5.41) is 0.735. The molecule has 1 aromatic carbocycles. The Balaban J connectivity index is 2.74. The van der Waals surface area contributed by atoms with Crippen molar-refractivity contribution in [1.29, 1.82) is 0 Å². The highest BCUT2D eigenvalue weighted by Gasteiger charge is 2.19. The van der Waals surface area contributed by atoms with Gasteiger partial charge in [-0.05, 0) is 13.0 Å². The maximum atomic E-state index is 11.5. The number of ketones is 1. The van der Waals surface area contributed by atoms with Crippen LogP contribution < -0.4 is 5.73 Å². The summed E-state index contributed by atoms with van der Waals surface area (Å²) < 4.78 is 0. The van der Waals surface area contributed by atoms with Crippen LogP contribution in [0.25, 0.3) is 10.9 Å².